The van der Waals surface area contributed by atoms with E-state index in [0.717, 1.165) is 70.2 Å². The van der Waals surface area contributed by atoms with Gasteiger partial charge in [-0.05, 0) is 19.4 Å². The molecule has 0 spiro atoms. The van der Waals surface area contributed by atoms with Gasteiger partial charge in [0.25, 0.3) is 0 Å². The van der Waals surface area contributed by atoms with Gasteiger partial charge in [0.15, 0.2) is 5.96 Å². The van der Waals surface area contributed by atoms with Crippen molar-refractivity contribution in [1.29, 1.82) is 0 Å². The number of aromatic nitrogens is 1. The fraction of sp³-hybridized carbons (Fsp3) is 0.737. The predicted octanol–water partition coefficient (Wildman–Crippen LogP) is 0.594. The van der Waals surface area contributed by atoms with Gasteiger partial charge in [-0.1, -0.05) is 6.92 Å². The number of ether oxygens (including phenoxy) is 1. The average Bonchev–Trinajstić information content (AvgIpc) is 3.17. The summed E-state index contributed by atoms with van der Waals surface area (Å²) >= 11 is 1.76. The lowest BCUT2D eigenvalue weighted by molar-refractivity contribution is -0.127. The molecule has 1 aromatic rings. The van der Waals surface area contributed by atoms with Gasteiger partial charge in [0.05, 0.1) is 18.2 Å². The SMILES string of the molecule is CCc1cnc(CCNC(=NCC(=O)N(C)C)NCCCN2CCOCC2)s1. The van der Waals surface area contributed by atoms with Crippen molar-refractivity contribution in [3.8, 4) is 0 Å². The molecule has 0 radical (unpaired) electrons. The highest BCUT2D eigenvalue weighted by atomic mass is 32.1. The number of carbonyl (C=O) groups is 1. The molecule has 0 unspecified atom stereocenters. The Kier molecular flexibility index (Phi) is 10.2. The summed E-state index contributed by atoms with van der Waals surface area (Å²) in [7, 11) is 3.49. The third-order valence-corrected chi connectivity index (χ3v) is 5.70. The molecule has 0 aliphatic carbocycles. The van der Waals surface area contributed by atoms with Crippen LogP contribution in [0.2, 0.25) is 0 Å². The first-order valence-electron chi connectivity index (χ1n) is 10.0. The number of nitrogens with one attached hydrogen (secondary N) is 2. The molecule has 1 aliphatic heterocycles. The number of aliphatic imine (C=N–C) groups is 1. The Balaban J connectivity index is 1.76. The highest BCUT2D eigenvalue weighted by Crippen LogP contribution is 2.13. The van der Waals surface area contributed by atoms with Crippen LogP contribution >= 0.6 is 11.3 Å². The molecule has 2 N–H and O–H groups in total. The van der Waals surface area contributed by atoms with Crippen molar-refractivity contribution in [3.63, 3.8) is 0 Å². The molecule has 1 fully saturated rings. The number of amides is 1. The van der Waals surface area contributed by atoms with Crippen molar-refractivity contribution in [2.45, 2.75) is 26.2 Å². The predicted molar refractivity (Wildman–Crippen MR) is 114 cm³/mol. The van der Waals surface area contributed by atoms with Gasteiger partial charge in [0, 0.05) is 57.8 Å². The van der Waals surface area contributed by atoms with Crippen LogP contribution in [0.5, 0.6) is 0 Å². The summed E-state index contributed by atoms with van der Waals surface area (Å²) < 4.78 is 5.38. The second kappa shape index (κ2) is 12.7. The van der Waals surface area contributed by atoms with E-state index in [1.807, 2.05) is 6.20 Å². The molecule has 0 bridgehead atoms. The van der Waals surface area contributed by atoms with Crippen LogP contribution in [0.15, 0.2) is 11.2 Å². The maximum absolute atomic E-state index is 11.9. The lowest BCUT2D eigenvalue weighted by Gasteiger charge is -2.26. The maximum Gasteiger partial charge on any atom is 0.243 e. The first kappa shape index (κ1) is 22.6. The van der Waals surface area contributed by atoms with E-state index in [1.54, 1.807) is 30.3 Å². The minimum absolute atomic E-state index is 0.0121. The number of guanidine groups is 1. The van der Waals surface area contributed by atoms with Gasteiger partial charge >= 0.3 is 0 Å². The number of morpholine rings is 1. The third-order valence-electron chi connectivity index (χ3n) is 4.50. The summed E-state index contributed by atoms with van der Waals surface area (Å²) in [6, 6.07) is 0. The third kappa shape index (κ3) is 8.53. The number of rotatable bonds is 10. The fourth-order valence-electron chi connectivity index (χ4n) is 2.71. The highest BCUT2D eigenvalue weighted by Gasteiger charge is 2.10. The van der Waals surface area contributed by atoms with Gasteiger partial charge in [0.2, 0.25) is 5.91 Å². The van der Waals surface area contributed by atoms with E-state index < -0.39 is 0 Å². The monoisotopic (exact) mass is 410 g/mol. The number of hydrogen-bond donors (Lipinski definition) is 2. The normalized spacial score (nSPS) is 15.5. The minimum Gasteiger partial charge on any atom is -0.379 e. The Hall–Kier alpha value is -1.71. The average molecular weight is 411 g/mol. The van der Waals surface area contributed by atoms with E-state index in [1.165, 1.54) is 4.88 Å². The number of carbonyl (C=O) groups excluding carboxylic acids is 1. The Labute approximate surface area is 172 Å². The van der Waals surface area contributed by atoms with Crippen molar-refractivity contribution in [2.24, 2.45) is 4.99 Å². The van der Waals surface area contributed by atoms with E-state index >= 15 is 0 Å². The number of nitrogens with zero attached hydrogens (tertiary/aromatic N) is 4. The molecule has 1 amide bonds. The number of thiazole rings is 1. The zero-order valence-corrected chi connectivity index (χ0v) is 18.2. The van der Waals surface area contributed by atoms with Crippen molar-refractivity contribution < 1.29 is 9.53 Å². The van der Waals surface area contributed by atoms with Crippen molar-refractivity contribution in [2.75, 3.05) is 66.6 Å². The molecule has 0 saturated carbocycles. The first-order valence-corrected chi connectivity index (χ1v) is 10.9. The Morgan fingerprint density at radius 1 is 1.32 bits per heavy atom. The molecule has 0 atom stereocenters. The standard InChI is InChI=1S/C19H34N6O2S/c1-4-16-14-22-17(28-16)6-8-21-19(23-15-18(26)24(2)3)20-7-5-9-25-10-12-27-13-11-25/h14H,4-13,15H2,1-3H3,(H2,20,21,23). The Morgan fingerprint density at radius 3 is 2.75 bits per heavy atom. The van der Waals surface area contributed by atoms with Gasteiger partial charge in [-0.25, -0.2) is 9.98 Å². The van der Waals surface area contributed by atoms with E-state index in [2.05, 4.69) is 32.4 Å². The first-order chi connectivity index (χ1) is 13.6. The topological polar surface area (TPSA) is 82.1 Å². The largest absolute Gasteiger partial charge is 0.379 e. The summed E-state index contributed by atoms with van der Waals surface area (Å²) in [6.07, 6.45) is 4.85. The number of aryl methyl sites for hydroxylation is 1. The number of likely N-dealkylation sites (N-methyl/N-ethyl adjacent to an activating group) is 1. The van der Waals surface area contributed by atoms with Crippen molar-refractivity contribution in [1.82, 2.24) is 25.4 Å². The molecule has 1 aliphatic rings. The summed E-state index contributed by atoms with van der Waals surface area (Å²) in [5.41, 5.74) is 0. The van der Waals surface area contributed by atoms with Crippen LogP contribution in [-0.2, 0) is 22.4 Å². The lowest BCUT2D eigenvalue weighted by Crippen LogP contribution is -2.41. The second-order valence-electron chi connectivity index (χ2n) is 6.94. The molecule has 1 aromatic heterocycles. The zero-order valence-electron chi connectivity index (χ0n) is 17.4. The molecule has 28 heavy (non-hydrogen) atoms. The Bertz CT molecular complexity index is 613. The molecule has 2 rings (SSSR count). The van der Waals surface area contributed by atoms with Crippen LogP contribution in [0.3, 0.4) is 0 Å². The molecule has 158 valence electrons. The van der Waals surface area contributed by atoms with E-state index in [9.17, 15) is 4.79 Å². The number of hydrogen-bond acceptors (Lipinski definition) is 6. The van der Waals surface area contributed by atoms with E-state index in [4.69, 9.17) is 4.74 Å². The minimum atomic E-state index is -0.0121. The van der Waals surface area contributed by atoms with Crippen LogP contribution in [-0.4, -0.2) is 93.2 Å². The molecular weight excluding hydrogens is 376 g/mol. The zero-order chi connectivity index (χ0) is 20.2. The van der Waals surface area contributed by atoms with Gasteiger partial charge in [0.1, 0.15) is 6.54 Å². The summed E-state index contributed by atoms with van der Waals surface area (Å²) in [6.45, 7) is 8.54. The van der Waals surface area contributed by atoms with Crippen LogP contribution in [0.1, 0.15) is 23.2 Å². The lowest BCUT2D eigenvalue weighted by atomic mass is 10.3. The Morgan fingerprint density at radius 2 is 2.07 bits per heavy atom. The van der Waals surface area contributed by atoms with Crippen molar-refractivity contribution >= 4 is 23.2 Å². The van der Waals surface area contributed by atoms with Crippen LogP contribution in [0.4, 0.5) is 0 Å². The van der Waals surface area contributed by atoms with E-state index in [0.29, 0.717) is 5.96 Å². The molecule has 8 nitrogen and oxygen atoms in total. The van der Waals surface area contributed by atoms with Crippen LogP contribution in [0, 0.1) is 0 Å². The fourth-order valence-corrected chi connectivity index (χ4v) is 3.57. The highest BCUT2D eigenvalue weighted by molar-refractivity contribution is 7.11. The molecule has 0 aromatic carbocycles. The quantitative estimate of drug-likeness (QED) is 0.334. The summed E-state index contributed by atoms with van der Waals surface area (Å²) in [4.78, 5) is 26.0. The summed E-state index contributed by atoms with van der Waals surface area (Å²) in [5, 5.41) is 7.80. The van der Waals surface area contributed by atoms with Crippen molar-refractivity contribution in [3.05, 3.63) is 16.1 Å². The maximum atomic E-state index is 11.9. The van der Waals surface area contributed by atoms with Gasteiger partial charge < -0.3 is 20.3 Å². The smallest absolute Gasteiger partial charge is 0.243 e. The van der Waals surface area contributed by atoms with E-state index in [-0.39, 0.29) is 12.5 Å². The summed E-state index contributed by atoms with van der Waals surface area (Å²) in [5.74, 6) is 0.673. The second-order valence-corrected chi connectivity index (χ2v) is 8.14. The van der Waals surface area contributed by atoms with Gasteiger partial charge in [-0.15, -0.1) is 11.3 Å². The molecular formula is C19H34N6O2S. The van der Waals surface area contributed by atoms with Gasteiger partial charge in [-0.3, -0.25) is 9.69 Å². The molecule has 9 heteroatoms. The molecule has 2 heterocycles. The molecule has 1 saturated heterocycles. The van der Waals surface area contributed by atoms with Gasteiger partial charge in [-0.2, -0.15) is 0 Å². The van der Waals surface area contributed by atoms with Crippen LogP contribution < -0.4 is 10.6 Å². The van der Waals surface area contributed by atoms with Crippen LogP contribution in [0.25, 0.3) is 0 Å².